The molecule has 0 radical (unpaired) electrons. The predicted octanol–water partition coefficient (Wildman–Crippen LogP) is 4.02. The number of benzene rings is 3. The summed E-state index contributed by atoms with van der Waals surface area (Å²) in [5.41, 5.74) is 15.9. The third kappa shape index (κ3) is 7.35. The molecule has 11 heteroatoms. The molecule has 0 bridgehead atoms. The largest absolute Gasteiger partial charge is 0.494 e. The molecule has 3 aromatic rings. The van der Waals surface area contributed by atoms with Crippen molar-refractivity contribution in [3.8, 4) is 5.75 Å². The van der Waals surface area contributed by atoms with E-state index in [0.29, 0.717) is 48.8 Å². The molecule has 1 aliphatic heterocycles. The Hall–Kier alpha value is -4.44. The average molecular weight is 547 g/mol. The molecule has 0 unspecified atom stereocenters. The summed E-state index contributed by atoms with van der Waals surface area (Å²) in [6.45, 7) is 0.895. The monoisotopic (exact) mass is 546 g/mol. The highest BCUT2D eigenvalue weighted by molar-refractivity contribution is 6.00. The molecule has 0 fully saturated rings. The molecule has 10 nitrogen and oxygen atoms in total. The maximum atomic E-state index is 14.0. The van der Waals surface area contributed by atoms with Crippen molar-refractivity contribution < 1.29 is 23.8 Å². The molecule has 3 N–H and O–H groups in total. The lowest BCUT2D eigenvalue weighted by Crippen LogP contribution is -2.53. The molecule has 0 aliphatic carbocycles. The maximum Gasteiger partial charge on any atom is 0.266 e. The Morgan fingerprint density at radius 2 is 1.82 bits per heavy atom. The summed E-state index contributed by atoms with van der Waals surface area (Å²) >= 11 is 0. The fourth-order valence-electron chi connectivity index (χ4n) is 4.29. The number of carbonyl (C=O) groups excluding carboxylic acids is 1. The van der Waals surface area contributed by atoms with Crippen LogP contribution in [0.15, 0.2) is 82.9 Å². The van der Waals surface area contributed by atoms with Crippen molar-refractivity contribution in [3.05, 3.63) is 111 Å². The number of rotatable bonds is 14. The van der Waals surface area contributed by atoms with E-state index in [9.17, 15) is 9.18 Å². The normalized spacial score (nSPS) is 16.0. The number of aliphatic imine (C=N–C) groups is 1. The minimum atomic E-state index is -1.30. The maximum absolute atomic E-state index is 14.0. The van der Waals surface area contributed by atoms with Gasteiger partial charge in [-0.2, -0.15) is 0 Å². The average Bonchev–Trinajstić information content (AvgIpc) is 3.41. The fourth-order valence-corrected chi connectivity index (χ4v) is 4.29. The summed E-state index contributed by atoms with van der Waals surface area (Å²) in [5, 5.41) is 12.6. The van der Waals surface area contributed by atoms with Gasteiger partial charge in [0.25, 0.3) is 5.91 Å². The molecule has 1 aliphatic rings. The van der Waals surface area contributed by atoms with Gasteiger partial charge in [-0.05, 0) is 59.0 Å². The van der Waals surface area contributed by atoms with Gasteiger partial charge in [0, 0.05) is 36.5 Å². The van der Waals surface area contributed by atoms with Gasteiger partial charge in [-0.25, -0.2) is 14.8 Å². The number of carbonyl (C=O) groups is 1. The van der Waals surface area contributed by atoms with Crippen LogP contribution in [0, 0.1) is 5.82 Å². The second-order valence-corrected chi connectivity index (χ2v) is 9.24. The van der Waals surface area contributed by atoms with Crippen molar-refractivity contribution in [3.63, 3.8) is 0 Å². The Kier molecular flexibility index (Phi) is 10.1. The van der Waals surface area contributed by atoms with Crippen LogP contribution in [0.4, 0.5) is 4.39 Å². The second-order valence-electron chi connectivity index (χ2n) is 9.24. The molecule has 0 aromatic heterocycles. The van der Waals surface area contributed by atoms with Crippen LogP contribution in [0.3, 0.4) is 0 Å². The Bertz CT molecular complexity index is 1380. The number of aliphatic hydroxyl groups is 1. The van der Waals surface area contributed by atoms with Crippen LogP contribution < -0.4 is 15.6 Å². The first-order valence-electron chi connectivity index (χ1n) is 13.0. The van der Waals surface area contributed by atoms with Crippen LogP contribution in [0.25, 0.3) is 10.4 Å². The molecule has 1 amide bonds. The Morgan fingerprint density at radius 1 is 1.10 bits per heavy atom. The van der Waals surface area contributed by atoms with Crippen LogP contribution in [-0.2, 0) is 28.9 Å². The third-order valence-corrected chi connectivity index (χ3v) is 6.44. The van der Waals surface area contributed by atoms with Gasteiger partial charge in [-0.3, -0.25) is 10.2 Å². The molecule has 4 rings (SSSR count). The fraction of sp³-hybridized carbons (Fsp3) is 0.310. The van der Waals surface area contributed by atoms with E-state index in [1.165, 1.54) is 6.07 Å². The minimum Gasteiger partial charge on any atom is -0.494 e. The zero-order valence-electron chi connectivity index (χ0n) is 21.9. The standard InChI is InChI=1S/C29H31FN6O4/c30-26-9-4-3-6-21(26)14-15-32-35-28(38)29(18-23-7-1-2-8-24(23)19-33-36-31)20-40-27(34-29)22-10-12-25(13-11-22)39-17-5-16-37/h1-4,6-13,32,37H,5,14-20H2,(H,35,38)/t29-/m0/s1. The first-order chi connectivity index (χ1) is 19.5. The lowest BCUT2D eigenvalue weighted by atomic mass is 9.89. The quantitative estimate of drug-likeness (QED) is 0.0921. The summed E-state index contributed by atoms with van der Waals surface area (Å²) in [4.78, 5) is 21.2. The van der Waals surface area contributed by atoms with Crippen LogP contribution in [0.2, 0.25) is 0 Å². The van der Waals surface area contributed by atoms with E-state index in [1.807, 2.05) is 24.3 Å². The summed E-state index contributed by atoms with van der Waals surface area (Å²) in [5.74, 6) is 0.257. The van der Waals surface area contributed by atoms with Gasteiger partial charge in [-0.1, -0.05) is 47.6 Å². The van der Waals surface area contributed by atoms with Crippen molar-refractivity contribution in [1.82, 2.24) is 10.9 Å². The zero-order valence-corrected chi connectivity index (χ0v) is 21.9. The molecule has 3 aromatic carbocycles. The number of aliphatic hydroxyl groups excluding tert-OH is 1. The van der Waals surface area contributed by atoms with Crippen LogP contribution in [0.1, 0.15) is 28.7 Å². The molecular weight excluding hydrogens is 515 g/mol. The number of hydrogen-bond acceptors (Lipinski definition) is 7. The van der Waals surface area contributed by atoms with E-state index in [-0.39, 0.29) is 32.0 Å². The van der Waals surface area contributed by atoms with E-state index in [1.54, 1.807) is 42.5 Å². The van der Waals surface area contributed by atoms with E-state index >= 15 is 0 Å². The SMILES string of the molecule is [N-]=[N+]=NCc1ccccc1C[C@@]1(C(=O)NNCCc2ccccc2F)COC(c2ccc(OCCCO)cc2)=N1. The first-order valence-corrected chi connectivity index (χ1v) is 13.0. The summed E-state index contributed by atoms with van der Waals surface area (Å²) in [6.07, 6.45) is 1.12. The highest BCUT2D eigenvalue weighted by atomic mass is 19.1. The van der Waals surface area contributed by atoms with E-state index < -0.39 is 11.4 Å². The topological polar surface area (TPSA) is 141 Å². The lowest BCUT2D eigenvalue weighted by Gasteiger charge is -2.24. The van der Waals surface area contributed by atoms with Gasteiger partial charge in [0.05, 0.1) is 13.2 Å². The van der Waals surface area contributed by atoms with Crippen molar-refractivity contribution in [2.75, 3.05) is 26.4 Å². The molecule has 40 heavy (non-hydrogen) atoms. The van der Waals surface area contributed by atoms with Crippen LogP contribution in [-0.4, -0.2) is 48.8 Å². The molecule has 1 heterocycles. The van der Waals surface area contributed by atoms with Crippen LogP contribution >= 0.6 is 0 Å². The molecule has 0 spiro atoms. The van der Waals surface area contributed by atoms with E-state index in [0.717, 1.165) is 11.1 Å². The molecule has 0 saturated heterocycles. The van der Waals surface area contributed by atoms with E-state index in [2.05, 4.69) is 20.9 Å². The third-order valence-electron chi connectivity index (χ3n) is 6.44. The lowest BCUT2D eigenvalue weighted by molar-refractivity contribution is -0.127. The molecule has 208 valence electrons. The number of hydrazine groups is 1. The van der Waals surface area contributed by atoms with E-state index in [4.69, 9.17) is 25.1 Å². The highest BCUT2D eigenvalue weighted by Gasteiger charge is 2.45. The van der Waals surface area contributed by atoms with Gasteiger partial charge < -0.3 is 14.6 Å². The summed E-state index contributed by atoms with van der Waals surface area (Å²) in [6, 6.07) is 21.0. The Labute approximate surface area is 231 Å². The minimum absolute atomic E-state index is 0.00619. The van der Waals surface area contributed by atoms with Gasteiger partial charge in [0.15, 0.2) is 5.54 Å². The highest BCUT2D eigenvalue weighted by Crippen LogP contribution is 2.29. The molecular formula is C29H31FN6O4. The number of hydrogen-bond donors (Lipinski definition) is 3. The van der Waals surface area contributed by atoms with Gasteiger partial charge >= 0.3 is 0 Å². The smallest absolute Gasteiger partial charge is 0.266 e. The van der Waals surface area contributed by atoms with Crippen molar-refractivity contribution >= 4 is 11.8 Å². The first kappa shape index (κ1) is 28.6. The van der Waals surface area contributed by atoms with Crippen LogP contribution in [0.5, 0.6) is 5.75 Å². The predicted molar refractivity (Wildman–Crippen MR) is 148 cm³/mol. The number of halogens is 1. The van der Waals surface area contributed by atoms with Gasteiger partial charge in [0.2, 0.25) is 5.90 Å². The van der Waals surface area contributed by atoms with Crippen molar-refractivity contribution in [2.45, 2.75) is 31.3 Å². The number of nitrogens with zero attached hydrogens (tertiary/aromatic N) is 4. The van der Waals surface area contributed by atoms with Crippen molar-refractivity contribution in [1.29, 1.82) is 0 Å². The molecule has 1 atom stereocenters. The summed E-state index contributed by atoms with van der Waals surface area (Å²) in [7, 11) is 0. The number of ether oxygens (including phenoxy) is 2. The number of amides is 1. The number of nitrogens with one attached hydrogen (secondary N) is 2. The molecule has 0 saturated carbocycles. The number of azide groups is 1. The zero-order chi connectivity index (χ0) is 28.2. The van der Waals surface area contributed by atoms with Gasteiger partial charge in [0.1, 0.15) is 18.2 Å². The Balaban J connectivity index is 1.53. The van der Waals surface area contributed by atoms with Gasteiger partial charge in [-0.15, -0.1) is 0 Å². The van der Waals surface area contributed by atoms with Crippen molar-refractivity contribution in [2.24, 2.45) is 10.1 Å². The Morgan fingerprint density at radius 3 is 2.55 bits per heavy atom. The summed E-state index contributed by atoms with van der Waals surface area (Å²) < 4.78 is 25.5. The second kappa shape index (κ2) is 14.1.